The summed E-state index contributed by atoms with van der Waals surface area (Å²) in [6, 6.07) is 9.19. The van der Waals surface area contributed by atoms with Crippen molar-refractivity contribution < 1.29 is 19.2 Å². The van der Waals surface area contributed by atoms with Gasteiger partial charge >= 0.3 is 6.09 Å². The number of hydrogen-bond acceptors (Lipinski definition) is 3. The number of benzene rings is 1. The summed E-state index contributed by atoms with van der Waals surface area (Å²) >= 11 is 0. The number of allylic oxidation sites excluding steroid dienone is 1. The molecule has 0 aliphatic carbocycles. The van der Waals surface area contributed by atoms with Crippen molar-refractivity contribution in [1.82, 2.24) is 0 Å². The van der Waals surface area contributed by atoms with E-state index < -0.39 is 11.9 Å². The second-order valence-electron chi connectivity index (χ2n) is 3.51. The third-order valence-corrected chi connectivity index (χ3v) is 2.38. The van der Waals surface area contributed by atoms with Crippen molar-refractivity contribution in [2.24, 2.45) is 0 Å². The number of hydrogen-bond donors (Lipinski definition) is 0. The maximum absolute atomic E-state index is 11.4. The van der Waals surface area contributed by atoms with E-state index in [4.69, 9.17) is 4.74 Å². The molecule has 1 aliphatic rings. The molecule has 0 saturated carbocycles. The SMILES string of the molecule is C=C([O-])/C=[N+]1/C(=O)OC[C@H]1c1ccccc1. The van der Waals surface area contributed by atoms with Crippen LogP contribution in [0.3, 0.4) is 0 Å². The largest absolute Gasteiger partial charge is 0.869 e. The fraction of sp³-hybridized carbons (Fsp3) is 0.167. The van der Waals surface area contributed by atoms with E-state index in [1.54, 1.807) is 0 Å². The van der Waals surface area contributed by atoms with Crippen LogP contribution in [0.15, 0.2) is 42.7 Å². The Labute approximate surface area is 93.1 Å². The molecule has 0 spiro atoms. The van der Waals surface area contributed by atoms with Crippen LogP contribution in [0, 0.1) is 0 Å². The minimum atomic E-state index is -0.508. The maximum Gasteiger partial charge on any atom is 0.597 e. The van der Waals surface area contributed by atoms with Gasteiger partial charge < -0.3 is 9.84 Å². The first-order valence-corrected chi connectivity index (χ1v) is 4.89. The molecule has 1 aromatic rings. The second-order valence-corrected chi connectivity index (χ2v) is 3.51. The molecule has 1 heterocycles. The molecule has 82 valence electrons. The Balaban J connectivity index is 2.35. The summed E-state index contributed by atoms with van der Waals surface area (Å²) in [7, 11) is 0. The fourth-order valence-electron chi connectivity index (χ4n) is 1.66. The Morgan fingerprint density at radius 1 is 1.50 bits per heavy atom. The van der Waals surface area contributed by atoms with Gasteiger partial charge in [-0.25, -0.2) is 0 Å². The van der Waals surface area contributed by atoms with Gasteiger partial charge in [-0.15, -0.1) is 11.2 Å². The van der Waals surface area contributed by atoms with E-state index >= 15 is 0 Å². The zero-order chi connectivity index (χ0) is 11.5. The fourth-order valence-corrected chi connectivity index (χ4v) is 1.66. The van der Waals surface area contributed by atoms with Gasteiger partial charge in [0, 0.05) is 5.56 Å². The lowest BCUT2D eigenvalue weighted by Gasteiger charge is -2.04. The molecule has 1 aliphatic heterocycles. The summed E-state index contributed by atoms with van der Waals surface area (Å²) in [4.78, 5) is 11.4. The predicted molar refractivity (Wildman–Crippen MR) is 56.0 cm³/mol. The zero-order valence-corrected chi connectivity index (χ0v) is 8.63. The monoisotopic (exact) mass is 217 g/mol. The summed E-state index contributed by atoms with van der Waals surface area (Å²) in [6.07, 6.45) is 0.665. The average molecular weight is 217 g/mol. The van der Waals surface area contributed by atoms with E-state index in [9.17, 15) is 9.90 Å². The van der Waals surface area contributed by atoms with Gasteiger partial charge in [-0.2, -0.15) is 4.79 Å². The molecule has 4 nitrogen and oxygen atoms in total. The van der Waals surface area contributed by atoms with Gasteiger partial charge in [-0.05, 0) is 5.76 Å². The van der Waals surface area contributed by atoms with Gasteiger partial charge in [0.1, 0.15) is 0 Å². The van der Waals surface area contributed by atoms with Crippen molar-refractivity contribution >= 4 is 12.3 Å². The van der Waals surface area contributed by atoms with E-state index in [0.717, 1.165) is 5.56 Å². The van der Waals surface area contributed by atoms with E-state index in [2.05, 4.69) is 6.58 Å². The molecule has 0 aromatic heterocycles. The molecule has 0 unspecified atom stereocenters. The van der Waals surface area contributed by atoms with Crippen LogP contribution in [0.25, 0.3) is 0 Å². The first-order valence-electron chi connectivity index (χ1n) is 4.89. The minimum absolute atomic E-state index is 0.237. The van der Waals surface area contributed by atoms with Crippen molar-refractivity contribution in [3.63, 3.8) is 0 Å². The molecule has 1 amide bonds. The first-order chi connectivity index (χ1) is 7.68. The van der Waals surface area contributed by atoms with Crippen molar-refractivity contribution in [3.8, 4) is 0 Å². The molecule has 1 aromatic carbocycles. The third kappa shape index (κ3) is 1.95. The lowest BCUT2D eigenvalue weighted by molar-refractivity contribution is -0.460. The van der Waals surface area contributed by atoms with Gasteiger partial charge in [0.2, 0.25) is 6.04 Å². The number of carbonyl (C=O) groups is 1. The van der Waals surface area contributed by atoms with Crippen LogP contribution in [-0.2, 0) is 4.74 Å². The van der Waals surface area contributed by atoms with E-state index in [0.29, 0.717) is 0 Å². The summed E-state index contributed by atoms with van der Waals surface area (Å²) < 4.78 is 6.19. The summed E-state index contributed by atoms with van der Waals surface area (Å²) in [6.45, 7) is 3.48. The number of amides is 1. The van der Waals surface area contributed by atoms with Gasteiger partial charge in [-0.3, -0.25) is 0 Å². The summed E-state index contributed by atoms with van der Waals surface area (Å²) in [5, 5.41) is 10.9. The van der Waals surface area contributed by atoms with Crippen LogP contribution in [0.5, 0.6) is 0 Å². The highest BCUT2D eigenvalue weighted by Gasteiger charge is 2.39. The van der Waals surface area contributed by atoms with E-state index in [1.807, 2.05) is 30.3 Å². The molecule has 2 rings (SSSR count). The van der Waals surface area contributed by atoms with Crippen LogP contribution in [0.4, 0.5) is 4.79 Å². The molecule has 1 atom stereocenters. The number of rotatable bonds is 2. The highest BCUT2D eigenvalue weighted by Crippen LogP contribution is 2.23. The molecular weight excluding hydrogens is 206 g/mol. The van der Waals surface area contributed by atoms with E-state index in [1.165, 1.54) is 10.8 Å². The Morgan fingerprint density at radius 2 is 2.19 bits per heavy atom. The summed E-state index contributed by atoms with van der Waals surface area (Å²) in [5.41, 5.74) is 0.936. The van der Waals surface area contributed by atoms with Gasteiger partial charge in [0.15, 0.2) is 12.8 Å². The molecule has 16 heavy (non-hydrogen) atoms. The Kier molecular flexibility index (Phi) is 2.72. The van der Waals surface area contributed by atoms with Crippen LogP contribution in [-0.4, -0.2) is 23.5 Å². The van der Waals surface area contributed by atoms with Crippen LogP contribution < -0.4 is 5.11 Å². The maximum atomic E-state index is 11.4. The summed E-state index contributed by atoms with van der Waals surface area (Å²) in [5.74, 6) is -0.417. The number of cyclic esters (lactones) is 1. The van der Waals surface area contributed by atoms with E-state index in [-0.39, 0.29) is 12.6 Å². The lowest BCUT2D eigenvalue weighted by Crippen LogP contribution is -2.21. The predicted octanol–water partition coefficient (Wildman–Crippen LogP) is 0.835. The normalized spacial score (nSPS) is 22.1. The zero-order valence-electron chi connectivity index (χ0n) is 8.63. The van der Waals surface area contributed by atoms with Gasteiger partial charge in [0.25, 0.3) is 0 Å². The molecule has 1 fully saturated rings. The van der Waals surface area contributed by atoms with Crippen molar-refractivity contribution in [1.29, 1.82) is 0 Å². The second kappa shape index (κ2) is 4.18. The Hall–Kier alpha value is -2.10. The molecule has 0 radical (unpaired) electrons. The standard InChI is InChI=1S/C12H11NO3/c1-9(14)7-13-11(8-16-12(13)15)10-5-3-2-4-6-10/h2-7,11H,1,8H2/b13-7+/t11-/m0/s1. The Bertz CT molecular complexity index is 451. The van der Waals surface area contributed by atoms with Crippen molar-refractivity contribution in [3.05, 3.63) is 48.2 Å². The quantitative estimate of drug-likeness (QED) is 0.544. The number of ether oxygens (including phenoxy) is 1. The minimum Gasteiger partial charge on any atom is -0.869 e. The first kappa shape index (κ1) is 10.4. The molecular formula is C12H11NO3. The van der Waals surface area contributed by atoms with Crippen molar-refractivity contribution in [2.75, 3.05) is 6.61 Å². The third-order valence-electron chi connectivity index (χ3n) is 2.38. The van der Waals surface area contributed by atoms with Crippen molar-refractivity contribution in [2.45, 2.75) is 6.04 Å². The van der Waals surface area contributed by atoms with Crippen LogP contribution >= 0.6 is 0 Å². The number of carbonyl (C=O) groups excluding carboxylic acids is 1. The molecule has 1 saturated heterocycles. The van der Waals surface area contributed by atoms with Gasteiger partial charge in [-0.1, -0.05) is 30.3 Å². The lowest BCUT2D eigenvalue weighted by atomic mass is 10.1. The number of nitrogens with zero attached hydrogens (tertiary/aromatic N) is 1. The topological polar surface area (TPSA) is 52.4 Å². The molecule has 0 bridgehead atoms. The highest BCUT2D eigenvalue weighted by molar-refractivity contribution is 5.76. The van der Waals surface area contributed by atoms with Gasteiger partial charge in [0.05, 0.1) is 0 Å². The van der Waals surface area contributed by atoms with Crippen LogP contribution in [0.1, 0.15) is 11.6 Å². The molecule has 0 N–H and O–H groups in total. The average Bonchev–Trinajstić information content (AvgIpc) is 2.61. The smallest absolute Gasteiger partial charge is 0.597 e. The van der Waals surface area contributed by atoms with Crippen LogP contribution in [0.2, 0.25) is 0 Å². The Morgan fingerprint density at radius 3 is 2.81 bits per heavy atom. The molecule has 4 heteroatoms. The highest BCUT2D eigenvalue weighted by atomic mass is 16.6.